The van der Waals surface area contributed by atoms with Crippen LogP contribution in [0.4, 0.5) is 0 Å². The molecular weight excluding hydrogens is 372 g/mol. The molecule has 0 radical (unpaired) electrons. The summed E-state index contributed by atoms with van der Waals surface area (Å²) in [4.78, 5) is 0.313. The van der Waals surface area contributed by atoms with Crippen LogP contribution < -0.4 is 4.74 Å². The highest BCUT2D eigenvalue weighted by Gasteiger charge is 2.48. The molecule has 0 saturated carbocycles. The third kappa shape index (κ3) is 3.70. The number of sulfone groups is 1. The predicted octanol–water partition coefficient (Wildman–Crippen LogP) is 4.56. The number of ether oxygens (including phenoxy) is 1. The van der Waals surface area contributed by atoms with Crippen LogP contribution in [-0.4, -0.2) is 32.5 Å². The van der Waals surface area contributed by atoms with E-state index in [0.717, 1.165) is 18.4 Å². The SMILES string of the molecule is CCCCC1(CC)CS(=O)(=O)c2ccc(OC)cc2C(c2ccccc2)C1O. The van der Waals surface area contributed by atoms with Crippen LogP contribution in [0, 0.1) is 5.41 Å². The van der Waals surface area contributed by atoms with Crippen molar-refractivity contribution >= 4 is 9.84 Å². The van der Waals surface area contributed by atoms with E-state index in [-0.39, 0.29) is 5.75 Å². The Labute approximate surface area is 168 Å². The third-order valence-electron chi connectivity index (χ3n) is 6.20. The van der Waals surface area contributed by atoms with Gasteiger partial charge in [-0.25, -0.2) is 8.42 Å². The van der Waals surface area contributed by atoms with Crippen LogP contribution in [0.25, 0.3) is 0 Å². The second-order valence-electron chi connectivity index (χ2n) is 7.82. The number of unbranched alkanes of at least 4 members (excludes halogenated alkanes) is 1. The Morgan fingerprint density at radius 2 is 1.86 bits per heavy atom. The maximum absolute atomic E-state index is 13.4. The topological polar surface area (TPSA) is 63.6 Å². The van der Waals surface area contributed by atoms with Crippen LogP contribution in [0.3, 0.4) is 0 Å². The van der Waals surface area contributed by atoms with E-state index in [4.69, 9.17) is 4.74 Å². The van der Waals surface area contributed by atoms with E-state index < -0.39 is 27.3 Å². The Morgan fingerprint density at radius 3 is 2.46 bits per heavy atom. The van der Waals surface area contributed by atoms with Crippen molar-refractivity contribution in [1.82, 2.24) is 0 Å². The molecular formula is C23H30O4S. The fraction of sp³-hybridized carbons (Fsp3) is 0.478. The molecule has 4 nitrogen and oxygen atoms in total. The van der Waals surface area contributed by atoms with E-state index in [2.05, 4.69) is 6.92 Å². The molecule has 1 aliphatic rings. The first-order valence-corrected chi connectivity index (χ1v) is 11.7. The molecule has 1 aliphatic heterocycles. The quantitative estimate of drug-likeness (QED) is 0.769. The second-order valence-corrected chi connectivity index (χ2v) is 9.77. The smallest absolute Gasteiger partial charge is 0.179 e. The molecule has 0 amide bonds. The van der Waals surface area contributed by atoms with Gasteiger partial charge in [0.1, 0.15) is 5.75 Å². The summed E-state index contributed by atoms with van der Waals surface area (Å²) in [6, 6.07) is 14.8. The molecule has 0 fully saturated rings. The minimum absolute atomic E-state index is 0.0275. The molecule has 0 bridgehead atoms. The number of hydrogen-bond donors (Lipinski definition) is 1. The number of methoxy groups -OCH3 is 1. The molecule has 5 heteroatoms. The lowest BCUT2D eigenvalue weighted by molar-refractivity contribution is 0.0174. The highest BCUT2D eigenvalue weighted by Crippen LogP contribution is 2.49. The van der Waals surface area contributed by atoms with Gasteiger partial charge in [0.2, 0.25) is 0 Å². The highest BCUT2D eigenvalue weighted by molar-refractivity contribution is 7.91. The summed E-state index contributed by atoms with van der Waals surface area (Å²) < 4.78 is 32.2. The van der Waals surface area contributed by atoms with Gasteiger partial charge >= 0.3 is 0 Å². The van der Waals surface area contributed by atoms with Gasteiger partial charge in [0.15, 0.2) is 9.84 Å². The molecule has 0 spiro atoms. The molecule has 28 heavy (non-hydrogen) atoms. The van der Waals surface area contributed by atoms with Gasteiger partial charge in [-0.2, -0.15) is 0 Å². The van der Waals surface area contributed by atoms with Crippen LogP contribution >= 0.6 is 0 Å². The average molecular weight is 403 g/mol. The Hall–Kier alpha value is -1.85. The summed E-state index contributed by atoms with van der Waals surface area (Å²) in [5.41, 5.74) is 0.877. The highest BCUT2D eigenvalue weighted by atomic mass is 32.2. The number of aliphatic hydroxyl groups excluding tert-OH is 1. The van der Waals surface area contributed by atoms with Crippen LogP contribution in [0.1, 0.15) is 56.6 Å². The van der Waals surface area contributed by atoms with Crippen molar-refractivity contribution in [2.45, 2.75) is 56.4 Å². The minimum Gasteiger partial charge on any atom is -0.497 e. The van der Waals surface area contributed by atoms with Gasteiger partial charge in [-0.3, -0.25) is 0 Å². The van der Waals surface area contributed by atoms with Crippen molar-refractivity contribution in [1.29, 1.82) is 0 Å². The summed E-state index contributed by atoms with van der Waals surface area (Å²) in [7, 11) is -1.98. The zero-order valence-corrected chi connectivity index (χ0v) is 17.7. The standard InChI is InChI=1S/C23H30O4S/c1-4-6-14-23(5-2)16-28(25,26)20-13-12-18(27-3)15-19(20)21(22(23)24)17-10-8-7-9-11-17/h7-13,15,21-22,24H,4-6,14,16H2,1-3H3. The van der Waals surface area contributed by atoms with Gasteiger partial charge in [0.05, 0.1) is 23.9 Å². The lowest BCUT2D eigenvalue weighted by atomic mass is 9.69. The molecule has 0 aliphatic carbocycles. The lowest BCUT2D eigenvalue weighted by Crippen LogP contribution is -2.42. The Morgan fingerprint density at radius 1 is 1.14 bits per heavy atom. The summed E-state index contributed by atoms with van der Waals surface area (Å²) in [5, 5.41) is 11.7. The van der Waals surface area contributed by atoms with Crippen molar-refractivity contribution in [2.24, 2.45) is 5.41 Å². The van der Waals surface area contributed by atoms with Crippen LogP contribution in [0.2, 0.25) is 0 Å². The molecule has 2 aromatic rings. The maximum atomic E-state index is 13.4. The monoisotopic (exact) mass is 402 g/mol. The first-order chi connectivity index (χ1) is 13.4. The van der Waals surface area contributed by atoms with E-state index in [9.17, 15) is 13.5 Å². The summed E-state index contributed by atoms with van der Waals surface area (Å²) in [6.07, 6.45) is 2.36. The van der Waals surface area contributed by atoms with Gasteiger partial charge < -0.3 is 9.84 Å². The molecule has 2 aromatic carbocycles. The zero-order valence-electron chi connectivity index (χ0n) is 16.9. The molecule has 0 aromatic heterocycles. The molecule has 3 unspecified atom stereocenters. The fourth-order valence-corrected chi connectivity index (χ4v) is 6.76. The van der Waals surface area contributed by atoms with Crippen molar-refractivity contribution in [3.8, 4) is 5.75 Å². The first-order valence-electron chi connectivity index (χ1n) is 10.0. The largest absolute Gasteiger partial charge is 0.497 e. The van der Waals surface area contributed by atoms with Gasteiger partial charge in [-0.1, -0.05) is 57.0 Å². The third-order valence-corrected chi connectivity index (χ3v) is 8.20. The fourth-order valence-electron chi connectivity index (χ4n) is 4.50. The van der Waals surface area contributed by atoms with Crippen molar-refractivity contribution in [2.75, 3.05) is 12.9 Å². The molecule has 0 saturated heterocycles. The summed E-state index contributed by atoms with van der Waals surface area (Å²) in [6.45, 7) is 4.09. The lowest BCUT2D eigenvalue weighted by Gasteiger charge is -2.39. The Kier molecular flexibility index (Phi) is 6.15. The van der Waals surface area contributed by atoms with E-state index in [0.29, 0.717) is 29.1 Å². The van der Waals surface area contributed by atoms with E-state index in [1.165, 1.54) is 0 Å². The number of benzene rings is 2. The van der Waals surface area contributed by atoms with Gasteiger partial charge in [0.25, 0.3) is 0 Å². The predicted molar refractivity (Wildman–Crippen MR) is 112 cm³/mol. The number of fused-ring (bicyclic) bond motifs is 1. The molecule has 3 rings (SSSR count). The Balaban J connectivity index is 2.29. The van der Waals surface area contributed by atoms with Crippen molar-refractivity contribution < 1.29 is 18.3 Å². The van der Waals surface area contributed by atoms with Crippen molar-refractivity contribution in [3.05, 3.63) is 59.7 Å². The molecule has 1 heterocycles. The van der Waals surface area contributed by atoms with Gasteiger partial charge in [-0.15, -0.1) is 0 Å². The normalized spacial score (nSPS) is 26.3. The number of rotatable bonds is 6. The van der Waals surface area contributed by atoms with Crippen LogP contribution in [0.15, 0.2) is 53.4 Å². The van der Waals surface area contributed by atoms with E-state index in [1.807, 2.05) is 37.3 Å². The average Bonchev–Trinajstić information content (AvgIpc) is 2.78. The Bertz CT molecular complexity index is 907. The molecule has 152 valence electrons. The second kappa shape index (κ2) is 8.26. The van der Waals surface area contributed by atoms with Crippen LogP contribution in [-0.2, 0) is 9.84 Å². The minimum atomic E-state index is -3.54. The zero-order chi connectivity index (χ0) is 20.4. The summed E-state index contributed by atoms with van der Waals surface area (Å²) in [5.74, 6) is 0.153. The van der Waals surface area contributed by atoms with Gasteiger partial charge in [-0.05, 0) is 42.2 Å². The maximum Gasteiger partial charge on any atom is 0.179 e. The van der Waals surface area contributed by atoms with E-state index >= 15 is 0 Å². The number of aliphatic hydroxyl groups is 1. The first kappa shape index (κ1) is 20.9. The van der Waals surface area contributed by atoms with Crippen molar-refractivity contribution in [3.63, 3.8) is 0 Å². The number of hydrogen-bond acceptors (Lipinski definition) is 4. The van der Waals surface area contributed by atoms with Gasteiger partial charge in [0, 0.05) is 11.3 Å². The molecule has 1 N–H and O–H groups in total. The van der Waals surface area contributed by atoms with Crippen LogP contribution in [0.5, 0.6) is 5.75 Å². The molecule has 3 atom stereocenters. The van der Waals surface area contributed by atoms with E-state index in [1.54, 1.807) is 25.3 Å². The summed E-state index contributed by atoms with van der Waals surface area (Å²) >= 11 is 0.